The van der Waals surface area contributed by atoms with Gasteiger partial charge in [0.2, 0.25) is 5.91 Å². The number of amides is 1. The SMILES string of the molecule is CC(CO)CNC(=O)C1CCS(=O)(=O)C1. The van der Waals surface area contributed by atoms with Crippen molar-refractivity contribution in [3.8, 4) is 0 Å². The van der Waals surface area contributed by atoms with E-state index in [2.05, 4.69) is 5.32 Å². The highest BCUT2D eigenvalue weighted by atomic mass is 32.2. The zero-order valence-corrected chi connectivity index (χ0v) is 9.59. The van der Waals surface area contributed by atoms with E-state index in [-0.39, 0.29) is 29.9 Å². The third kappa shape index (κ3) is 3.79. The molecule has 0 radical (unpaired) electrons. The Labute approximate surface area is 89.8 Å². The van der Waals surface area contributed by atoms with Gasteiger partial charge in [0.1, 0.15) is 0 Å². The molecule has 2 N–H and O–H groups in total. The summed E-state index contributed by atoms with van der Waals surface area (Å²) in [5.74, 6) is -0.531. The fraction of sp³-hybridized carbons (Fsp3) is 0.889. The topological polar surface area (TPSA) is 83.5 Å². The summed E-state index contributed by atoms with van der Waals surface area (Å²) in [6.07, 6.45) is 0.418. The maximum atomic E-state index is 11.5. The van der Waals surface area contributed by atoms with E-state index < -0.39 is 15.8 Å². The Kier molecular flexibility index (Phi) is 4.10. The van der Waals surface area contributed by atoms with Gasteiger partial charge >= 0.3 is 0 Å². The molecular formula is C9H17NO4S. The summed E-state index contributed by atoms with van der Waals surface area (Å²) >= 11 is 0. The van der Waals surface area contributed by atoms with E-state index >= 15 is 0 Å². The van der Waals surface area contributed by atoms with Crippen molar-refractivity contribution >= 4 is 15.7 Å². The quantitative estimate of drug-likeness (QED) is 0.666. The van der Waals surface area contributed by atoms with Crippen molar-refractivity contribution in [2.24, 2.45) is 11.8 Å². The van der Waals surface area contributed by atoms with Crippen molar-refractivity contribution in [3.63, 3.8) is 0 Å². The predicted octanol–water partition coefficient (Wildman–Crippen LogP) is -0.834. The molecule has 0 aromatic carbocycles. The minimum atomic E-state index is -2.99. The maximum absolute atomic E-state index is 11.5. The lowest BCUT2D eigenvalue weighted by molar-refractivity contribution is -0.124. The van der Waals surface area contributed by atoms with Crippen molar-refractivity contribution < 1.29 is 18.3 Å². The summed E-state index contributed by atoms with van der Waals surface area (Å²) in [6, 6.07) is 0. The van der Waals surface area contributed by atoms with Gasteiger partial charge in [-0.25, -0.2) is 8.42 Å². The zero-order valence-electron chi connectivity index (χ0n) is 8.77. The van der Waals surface area contributed by atoms with Gasteiger partial charge in [0, 0.05) is 13.2 Å². The molecule has 5 nitrogen and oxygen atoms in total. The van der Waals surface area contributed by atoms with Crippen LogP contribution in [0.3, 0.4) is 0 Å². The molecule has 1 heterocycles. The largest absolute Gasteiger partial charge is 0.396 e. The average molecular weight is 235 g/mol. The molecule has 0 spiro atoms. The third-order valence-electron chi connectivity index (χ3n) is 2.54. The molecule has 6 heteroatoms. The number of carbonyl (C=O) groups is 1. The number of hydrogen-bond donors (Lipinski definition) is 2. The Bertz CT molecular complexity index is 325. The summed E-state index contributed by atoms with van der Waals surface area (Å²) in [4.78, 5) is 11.5. The first-order chi connectivity index (χ1) is 6.94. The molecule has 1 fully saturated rings. The predicted molar refractivity (Wildman–Crippen MR) is 56.0 cm³/mol. The molecule has 88 valence electrons. The van der Waals surface area contributed by atoms with Crippen molar-refractivity contribution in [3.05, 3.63) is 0 Å². The van der Waals surface area contributed by atoms with Crippen LogP contribution in [-0.2, 0) is 14.6 Å². The minimum absolute atomic E-state index is 0.00644. The lowest BCUT2D eigenvalue weighted by atomic mass is 10.1. The van der Waals surface area contributed by atoms with Crippen LogP contribution in [0.15, 0.2) is 0 Å². The standard InChI is InChI=1S/C9H17NO4S/c1-7(5-11)4-10-9(12)8-2-3-15(13,14)6-8/h7-8,11H,2-6H2,1H3,(H,10,12). The summed E-state index contributed by atoms with van der Waals surface area (Å²) in [5, 5.41) is 11.4. The summed E-state index contributed by atoms with van der Waals surface area (Å²) in [5.41, 5.74) is 0. The van der Waals surface area contributed by atoms with Crippen LogP contribution in [0.4, 0.5) is 0 Å². The fourth-order valence-electron chi connectivity index (χ4n) is 1.49. The van der Waals surface area contributed by atoms with Gasteiger partial charge in [-0.15, -0.1) is 0 Å². The Morgan fingerprint density at radius 2 is 2.27 bits per heavy atom. The van der Waals surface area contributed by atoms with Crippen LogP contribution in [0.2, 0.25) is 0 Å². The van der Waals surface area contributed by atoms with Crippen LogP contribution in [0.1, 0.15) is 13.3 Å². The number of sulfone groups is 1. The van der Waals surface area contributed by atoms with Crippen LogP contribution in [-0.4, -0.2) is 44.1 Å². The van der Waals surface area contributed by atoms with Crippen LogP contribution >= 0.6 is 0 Å². The van der Waals surface area contributed by atoms with Crippen molar-refractivity contribution in [1.82, 2.24) is 5.32 Å². The first-order valence-corrected chi connectivity index (χ1v) is 6.85. The van der Waals surface area contributed by atoms with Crippen LogP contribution in [0, 0.1) is 11.8 Å². The van der Waals surface area contributed by atoms with Crippen molar-refractivity contribution in [1.29, 1.82) is 0 Å². The first-order valence-electron chi connectivity index (χ1n) is 5.03. The Morgan fingerprint density at radius 3 is 2.73 bits per heavy atom. The lowest BCUT2D eigenvalue weighted by Gasteiger charge is -2.12. The van der Waals surface area contributed by atoms with E-state index in [1.165, 1.54) is 0 Å². The second-order valence-electron chi connectivity index (χ2n) is 4.13. The fourth-order valence-corrected chi connectivity index (χ4v) is 3.23. The molecule has 0 aliphatic carbocycles. The second-order valence-corrected chi connectivity index (χ2v) is 6.36. The van der Waals surface area contributed by atoms with E-state index in [1.807, 2.05) is 6.92 Å². The molecular weight excluding hydrogens is 218 g/mol. The Morgan fingerprint density at radius 1 is 1.60 bits per heavy atom. The molecule has 1 aliphatic heterocycles. The number of rotatable bonds is 4. The van der Waals surface area contributed by atoms with E-state index in [1.54, 1.807) is 0 Å². The van der Waals surface area contributed by atoms with Gasteiger partial charge in [-0.1, -0.05) is 6.92 Å². The molecule has 1 aliphatic rings. The van der Waals surface area contributed by atoms with Crippen molar-refractivity contribution in [2.45, 2.75) is 13.3 Å². The maximum Gasteiger partial charge on any atom is 0.224 e. The summed E-state index contributed by atoms with van der Waals surface area (Å²) < 4.78 is 22.2. The molecule has 0 aromatic rings. The highest BCUT2D eigenvalue weighted by Gasteiger charge is 2.32. The molecule has 0 bridgehead atoms. The number of aliphatic hydroxyl groups excluding tert-OH is 1. The molecule has 15 heavy (non-hydrogen) atoms. The summed E-state index contributed by atoms with van der Waals surface area (Å²) in [7, 11) is -2.99. The normalized spacial score (nSPS) is 26.1. The van der Waals surface area contributed by atoms with Gasteiger partial charge in [-0.3, -0.25) is 4.79 Å². The summed E-state index contributed by atoms with van der Waals surface area (Å²) in [6.45, 7) is 2.22. The van der Waals surface area contributed by atoms with E-state index in [4.69, 9.17) is 5.11 Å². The van der Waals surface area contributed by atoms with E-state index in [0.717, 1.165) is 0 Å². The van der Waals surface area contributed by atoms with Gasteiger partial charge in [0.25, 0.3) is 0 Å². The highest BCUT2D eigenvalue weighted by Crippen LogP contribution is 2.18. The van der Waals surface area contributed by atoms with E-state index in [9.17, 15) is 13.2 Å². The third-order valence-corrected chi connectivity index (χ3v) is 4.31. The molecule has 2 unspecified atom stereocenters. The number of nitrogens with one attached hydrogen (secondary N) is 1. The lowest BCUT2D eigenvalue weighted by Crippen LogP contribution is -2.35. The van der Waals surface area contributed by atoms with Gasteiger partial charge < -0.3 is 10.4 Å². The Hall–Kier alpha value is -0.620. The molecule has 1 amide bonds. The van der Waals surface area contributed by atoms with Gasteiger partial charge in [0.15, 0.2) is 9.84 Å². The Balaban J connectivity index is 2.36. The molecule has 0 saturated carbocycles. The van der Waals surface area contributed by atoms with Crippen LogP contribution < -0.4 is 5.32 Å². The average Bonchev–Trinajstić information content (AvgIpc) is 2.54. The molecule has 1 saturated heterocycles. The van der Waals surface area contributed by atoms with Gasteiger partial charge in [-0.2, -0.15) is 0 Å². The molecule has 1 rings (SSSR count). The van der Waals surface area contributed by atoms with Crippen molar-refractivity contribution in [2.75, 3.05) is 24.7 Å². The first kappa shape index (κ1) is 12.4. The van der Waals surface area contributed by atoms with E-state index in [0.29, 0.717) is 13.0 Å². The molecule has 2 atom stereocenters. The number of carbonyl (C=O) groups excluding carboxylic acids is 1. The highest BCUT2D eigenvalue weighted by molar-refractivity contribution is 7.91. The van der Waals surface area contributed by atoms with Crippen LogP contribution in [0.5, 0.6) is 0 Å². The smallest absolute Gasteiger partial charge is 0.224 e. The van der Waals surface area contributed by atoms with Gasteiger partial charge in [0.05, 0.1) is 17.4 Å². The van der Waals surface area contributed by atoms with Gasteiger partial charge in [-0.05, 0) is 12.3 Å². The minimum Gasteiger partial charge on any atom is -0.396 e. The number of aliphatic hydroxyl groups is 1. The second kappa shape index (κ2) is 4.94. The zero-order chi connectivity index (χ0) is 11.5. The van der Waals surface area contributed by atoms with Crippen LogP contribution in [0.25, 0.3) is 0 Å². The monoisotopic (exact) mass is 235 g/mol. The molecule has 0 aromatic heterocycles. The number of hydrogen-bond acceptors (Lipinski definition) is 4.